The summed E-state index contributed by atoms with van der Waals surface area (Å²) in [5.74, 6) is -0.0374. The van der Waals surface area contributed by atoms with Crippen LogP contribution in [-0.4, -0.2) is 29.4 Å². The fourth-order valence-electron chi connectivity index (χ4n) is 1.86. The fourth-order valence-corrected chi connectivity index (χ4v) is 2.92. The van der Waals surface area contributed by atoms with Crippen LogP contribution in [0.1, 0.15) is 22.5 Å². The summed E-state index contributed by atoms with van der Waals surface area (Å²) < 4.78 is 0. The van der Waals surface area contributed by atoms with Gasteiger partial charge in [0.2, 0.25) is 0 Å². The zero-order chi connectivity index (χ0) is 13.8. The van der Waals surface area contributed by atoms with Gasteiger partial charge in [-0.05, 0) is 25.0 Å². The van der Waals surface area contributed by atoms with Crippen molar-refractivity contribution in [2.45, 2.75) is 12.8 Å². The molecule has 0 saturated carbocycles. The normalized spacial score (nSPS) is 10.6. The molecule has 0 aliphatic rings. The maximum absolute atomic E-state index is 12.3. The minimum Gasteiger partial charge on any atom is -0.397 e. The number of thiophene rings is 1. The Bertz CT molecular complexity index is 606. The lowest BCUT2D eigenvalue weighted by molar-refractivity contribution is 0.0799. The Balaban J connectivity index is 2.21. The predicted octanol–water partition coefficient (Wildman–Crippen LogP) is 2.92. The van der Waals surface area contributed by atoms with E-state index < -0.39 is 0 Å². The van der Waals surface area contributed by atoms with E-state index in [1.54, 1.807) is 18.1 Å². The van der Waals surface area contributed by atoms with Crippen LogP contribution in [0.15, 0.2) is 31.0 Å². The first-order valence-electron chi connectivity index (χ1n) is 6.14. The second-order valence-corrected chi connectivity index (χ2v) is 5.36. The number of nitrogens with zero attached hydrogens (tertiary/aromatic N) is 2. The number of hydrogen-bond donors (Lipinski definition) is 1. The summed E-state index contributed by atoms with van der Waals surface area (Å²) in [7, 11) is 1.79. The number of anilines is 1. The van der Waals surface area contributed by atoms with Crippen molar-refractivity contribution in [3.8, 4) is 0 Å². The molecule has 0 spiro atoms. The highest BCUT2D eigenvalue weighted by Gasteiger charge is 2.19. The van der Waals surface area contributed by atoms with Crippen molar-refractivity contribution in [2.24, 2.45) is 0 Å². The monoisotopic (exact) mass is 275 g/mol. The molecule has 0 aromatic carbocycles. The molecule has 0 fully saturated rings. The maximum atomic E-state index is 12.3. The van der Waals surface area contributed by atoms with Gasteiger partial charge in [0.1, 0.15) is 9.71 Å². The minimum atomic E-state index is -0.0374. The van der Waals surface area contributed by atoms with Gasteiger partial charge in [-0.3, -0.25) is 4.79 Å². The van der Waals surface area contributed by atoms with Gasteiger partial charge in [-0.1, -0.05) is 6.08 Å². The van der Waals surface area contributed by atoms with Gasteiger partial charge in [0.25, 0.3) is 5.91 Å². The Labute approximate surface area is 116 Å². The molecule has 2 aromatic heterocycles. The van der Waals surface area contributed by atoms with Gasteiger partial charge in [-0.15, -0.1) is 17.9 Å². The zero-order valence-electron chi connectivity index (χ0n) is 10.9. The molecule has 19 heavy (non-hydrogen) atoms. The predicted molar refractivity (Wildman–Crippen MR) is 80.4 cm³/mol. The molecule has 2 heterocycles. The van der Waals surface area contributed by atoms with Crippen molar-refractivity contribution in [1.29, 1.82) is 0 Å². The molecule has 0 saturated heterocycles. The Morgan fingerprint density at radius 3 is 3.11 bits per heavy atom. The van der Waals surface area contributed by atoms with Crippen LogP contribution in [-0.2, 0) is 0 Å². The first kappa shape index (κ1) is 13.5. The fraction of sp³-hybridized carbons (Fsp3) is 0.286. The van der Waals surface area contributed by atoms with Crippen molar-refractivity contribution in [3.63, 3.8) is 0 Å². The van der Waals surface area contributed by atoms with Crippen molar-refractivity contribution < 1.29 is 4.79 Å². The highest BCUT2D eigenvalue weighted by Crippen LogP contribution is 2.32. The number of nitrogens with two attached hydrogens (primary N) is 1. The molecule has 0 bridgehead atoms. The number of allylic oxidation sites excluding steroid dienone is 1. The third-order valence-electron chi connectivity index (χ3n) is 2.95. The van der Waals surface area contributed by atoms with E-state index in [4.69, 9.17) is 5.73 Å². The second kappa shape index (κ2) is 5.84. The summed E-state index contributed by atoms with van der Waals surface area (Å²) in [6.45, 7) is 4.37. The van der Waals surface area contributed by atoms with E-state index >= 15 is 0 Å². The number of fused-ring (bicyclic) bond motifs is 1. The van der Waals surface area contributed by atoms with Crippen LogP contribution in [0.5, 0.6) is 0 Å². The van der Waals surface area contributed by atoms with Gasteiger partial charge in [0.15, 0.2) is 0 Å². The number of unbranched alkanes of at least 4 members (excludes halogenated alkanes) is 1. The summed E-state index contributed by atoms with van der Waals surface area (Å²) in [5, 5.41) is 0.857. The Morgan fingerprint density at radius 2 is 2.42 bits per heavy atom. The van der Waals surface area contributed by atoms with E-state index in [-0.39, 0.29) is 5.91 Å². The number of rotatable bonds is 5. The zero-order valence-corrected chi connectivity index (χ0v) is 11.7. The van der Waals surface area contributed by atoms with Gasteiger partial charge in [-0.2, -0.15) is 0 Å². The molecule has 2 rings (SSSR count). The number of carbonyl (C=O) groups is 1. The number of pyridine rings is 1. The smallest absolute Gasteiger partial charge is 0.265 e. The third kappa shape index (κ3) is 2.76. The van der Waals surface area contributed by atoms with Crippen LogP contribution in [0.3, 0.4) is 0 Å². The molecule has 0 aliphatic heterocycles. The highest BCUT2D eigenvalue weighted by atomic mass is 32.1. The molecule has 0 aliphatic carbocycles. The first-order valence-corrected chi connectivity index (χ1v) is 6.96. The van der Waals surface area contributed by atoms with Crippen molar-refractivity contribution in [3.05, 3.63) is 35.9 Å². The van der Waals surface area contributed by atoms with Crippen LogP contribution in [0.2, 0.25) is 0 Å². The maximum Gasteiger partial charge on any atom is 0.265 e. The van der Waals surface area contributed by atoms with Gasteiger partial charge >= 0.3 is 0 Å². The van der Waals surface area contributed by atoms with E-state index in [2.05, 4.69) is 11.6 Å². The van der Waals surface area contributed by atoms with Crippen molar-refractivity contribution >= 4 is 33.1 Å². The molecule has 100 valence electrons. The topological polar surface area (TPSA) is 59.2 Å². The molecule has 0 atom stereocenters. The van der Waals surface area contributed by atoms with Gasteiger partial charge < -0.3 is 10.6 Å². The summed E-state index contributed by atoms with van der Waals surface area (Å²) >= 11 is 1.35. The minimum absolute atomic E-state index is 0.0374. The van der Waals surface area contributed by atoms with E-state index in [0.29, 0.717) is 17.1 Å². The highest BCUT2D eigenvalue weighted by molar-refractivity contribution is 7.21. The number of carbonyl (C=O) groups excluding carboxylic acids is 1. The van der Waals surface area contributed by atoms with E-state index in [1.807, 2.05) is 18.2 Å². The van der Waals surface area contributed by atoms with Crippen molar-refractivity contribution in [1.82, 2.24) is 9.88 Å². The average Bonchev–Trinajstić information content (AvgIpc) is 2.76. The molecule has 5 heteroatoms. The molecular formula is C14H17N3OS. The summed E-state index contributed by atoms with van der Waals surface area (Å²) in [4.78, 5) is 19.7. The molecule has 2 aromatic rings. The quantitative estimate of drug-likeness (QED) is 0.674. The average molecular weight is 275 g/mol. The summed E-state index contributed by atoms with van der Waals surface area (Å²) in [6.07, 6.45) is 5.38. The molecule has 2 N–H and O–H groups in total. The number of hydrogen-bond acceptors (Lipinski definition) is 4. The van der Waals surface area contributed by atoms with Crippen molar-refractivity contribution in [2.75, 3.05) is 19.3 Å². The summed E-state index contributed by atoms with van der Waals surface area (Å²) in [6, 6.07) is 3.72. The Kier molecular flexibility index (Phi) is 4.16. The standard InChI is InChI=1S/C14H17N3OS/c1-3-4-5-9-17(2)14(18)12-11(15)10-7-6-8-16-13(10)19-12/h3,6-8H,1,4-5,9,15H2,2H3. The van der Waals surface area contributed by atoms with Gasteiger partial charge in [-0.25, -0.2) is 4.98 Å². The molecule has 0 unspecified atom stereocenters. The van der Waals surface area contributed by atoms with Crippen LogP contribution in [0, 0.1) is 0 Å². The van der Waals surface area contributed by atoms with Crippen LogP contribution in [0.4, 0.5) is 5.69 Å². The summed E-state index contributed by atoms with van der Waals surface area (Å²) in [5.41, 5.74) is 6.58. The first-order chi connectivity index (χ1) is 9.15. The van der Waals surface area contributed by atoms with E-state index in [9.17, 15) is 4.79 Å². The molecule has 0 radical (unpaired) electrons. The SMILES string of the molecule is C=CCCCN(C)C(=O)c1sc2ncccc2c1N. The lowest BCUT2D eigenvalue weighted by Gasteiger charge is -2.15. The molecule has 4 nitrogen and oxygen atoms in total. The lowest BCUT2D eigenvalue weighted by Crippen LogP contribution is -2.27. The van der Waals surface area contributed by atoms with Crippen LogP contribution in [0.25, 0.3) is 10.2 Å². The van der Waals surface area contributed by atoms with E-state index in [1.165, 1.54) is 11.3 Å². The number of nitrogen functional groups attached to an aromatic ring is 1. The number of aromatic nitrogens is 1. The third-order valence-corrected chi connectivity index (χ3v) is 4.06. The largest absolute Gasteiger partial charge is 0.397 e. The van der Waals surface area contributed by atoms with E-state index in [0.717, 1.165) is 23.1 Å². The Morgan fingerprint density at radius 1 is 1.63 bits per heavy atom. The second-order valence-electron chi connectivity index (χ2n) is 4.36. The van der Waals surface area contributed by atoms with Gasteiger partial charge in [0, 0.05) is 25.2 Å². The molecule has 1 amide bonds. The van der Waals surface area contributed by atoms with Gasteiger partial charge in [0.05, 0.1) is 5.69 Å². The molecular weight excluding hydrogens is 258 g/mol. The Hall–Kier alpha value is -1.88. The number of amides is 1. The lowest BCUT2D eigenvalue weighted by atomic mass is 10.2. The van der Waals surface area contributed by atoms with Crippen LogP contribution >= 0.6 is 11.3 Å². The van der Waals surface area contributed by atoms with Crippen LogP contribution < -0.4 is 5.73 Å².